The van der Waals surface area contributed by atoms with E-state index in [2.05, 4.69) is 20.4 Å². The minimum absolute atomic E-state index is 0.0739. The van der Waals surface area contributed by atoms with Crippen LogP contribution in [0.15, 0.2) is 78.1 Å². The first-order valence-corrected chi connectivity index (χ1v) is 42.9. The van der Waals surface area contributed by atoms with Gasteiger partial charge in [-0.25, -0.2) is 9.79 Å². The van der Waals surface area contributed by atoms with Crippen molar-refractivity contribution in [1.29, 1.82) is 15.8 Å². The second-order valence-electron chi connectivity index (χ2n) is 21.0. The molecule has 5 aliphatic rings. The first-order valence-electron chi connectivity index (χ1n) is 33.2. The molecule has 0 saturated carbocycles. The molecule has 0 aromatic carbocycles. The highest BCUT2D eigenvalue weighted by Crippen LogP contribution is 2.44. The molecular weight excluding hydrogens is 1760 g/mol. The molecule has 50 heteroatoms. The monoisotopic (exact) mass is 1840 g/mol. The Morgan fingerprint density at radius 3 is 1.48 bits per heavy atom. The molecule has 117 heavy (non-hydrogen) atoms. The number of hydrogen-bond donors (Lipinski definition) is 11. The average Bonchev–Trinajstić information content (AvgIpc) is 1.62. The van der Waals surface area contributed by atoms with Crippen molar-refractivity contribution >= 4 is 241 Å². The molecule has 0 radical (unpaired) electrons. The van der Waals surface area contributed by atoms with Crippen molar-refractivity contribution in [3.63, 3.8) is 0 Å². The van der Waals surface area contributed by atoms with Crippen LogP contribution >= 0.6 is 115 Å². The number of amidine groups is 1. The summed E-state index contributed by atoms with van der Waals surface area (Å²) >= 11 is 25.4. The molecular formula is C67H87N10O29PS9Si. The number of carbonyl (C=O) groups excluding carboxylic acids is 7. The van der Waals surface area contributed by atoms with E-state index in [1.54, 1.807) is 65.0 Å². The van der Waals surface area contributed by atoms with Gasteiger partial charge in [0.1, 0.15) is 85.1 Å². The summed E-state index contributed by atoms with van der Waals surface area (Å²) in [5, 5.41) is 88.0. The number of Topliss-reactive ketones (excluding diaryl/α,β-unsaturated/α-hetero) is 1. The van der Waals surface area contributed by atoms with E-state index in [-0.39, 0.29) is 71.9 Å². The van der Waals surface area contributed by atoms with E-state index >= 15 is 0 Å². The molecule has 4 saturated heterocycles. The Bertz CT molecular complexity index is 4310. The molecule has 0 bridgehead atoms. The summed E-state index contributed by atoms with van der Waals surface area (Å²) in [6.07, 6.45) is 11.1. The van der Waals surface area contributed by atoms with E-state index in [1.807, 2.05) is 34.2 Å². The number of likely N-dealkylation sites (tertiary alicyclic amines) is 1. The highest BCUT2D eigenvalue weighted by molar-refractivity contribution is 8.30. The molecule has 1 aromatic heterocycles. The molecule has 39 nitrogen and oxygen atoms in total. The van der Waals surface area contributed by atoms with E-state index in [4.69, 9.17) is 128 Å². The fourth-order valence-electron chi connectivity index (χ4n) is 7.77. The summed E-state index contributed by atoms with van der Waals surface area (Å²) in [7, 11) is -5.21. The number of carbonyl (C=O) groups is 14. The Balaban J connectivity index is -0.000000618. The topological polar surface area (TPSA) is 615 Å². The van der Waals surface area contributed by atoms with E-state index in [0.29, 0.717) is 98.2 Å². The number of hydrogen-bond acceptors (Lipinski definition) is 33. The number of thiazole rings is 1. The number of allylic oxidation sites excluding steroid dienone is 8. The van der Waals surface area contributed by atoms with E-state index in [9.17, 15) is 71.7 Å². The van der Waals surface area contributed by atoms with Crippen molar-refractivity contribution in [3.8, 4) is 18.2 Å². The number of aromatic nitrogens is 1. The van der Waals surface area contributed by atoms with E-state index in [1.165, 1.54) is 68.8 Å². The number of carboxylic acids is 7. The van der Waals surface area contributed by atoms with Crippen LogP contribution in [0.5, 0.6) is 0 Å². The van der Waals surface area contributed by atoms with Crippen LogP contribution in [0.25, 0.3) is 11.0 Å². The van der Waals surface area contributed by atoms with Gasteiger partial charge in [-0.15, -0.1) is 11.3 Å². The summed E-state index contributed by atoms with van der Waals surface area (Å²) in [5.41, 5.74) is -0.130. The fraction of sp³-hybridized carbons (Fsp3) is 0.418. The van der Waals surface area contributed by atoms with Gasteiger partial charge in [-0.1, -0.05) is 145 Å². The molecule has 2 atom stereocenters. The lowest BCUT2D eigenvalue weighted by molar-refractivity contribution is -0.140. The van der Waals surface area contributed by atoms with Crippen molar-refractivity contribution in [2.24, 2.45) is 10.9 Å². The first kappa shape index (κ1) is 114. The molecule has 1 aromatic rings. The highest BCUT2D eigenvalue weighted by atomic mass is 32.2. The van der Waals surface area contributed by atoms with Gasteiger partial charge in [-0.05, 0) is 82.6 Å². The second kappa shape index (κ2) is 60.9. The number of nitriles is 3. The average molecular weight is 1840 g/mol. The molecule has 5 amide bonds. The van der Waals surface area contributed by atoms with Crippen molar-refractivity contribution in [2.45, 2.75) is 121 Å². The van der Waals surface area contributed by atoms with Crippen LogP contribution in [0.3, 0.4) is 0 Å². The minimum Gasteiger partial charge on any atom is -0.481 e. The van der Waals surface area contributed by atoms with Crippen LogP contribution in [0.1, 0.15) is 102 Å². The van der Waals surface area contributed by atoms with Gasteiger partial charge in [0.25, 0.3) is 41.6 Å². The number of aliphatic carboxylic acids is 7. The van der Waals surface area contributed by atoms with Crippen LogP contribution in [0, 0.1) is 39.9 Å². The second-order valence-corrected chi connectivity index (χ2v) is 32.7. The minimum atomic E-state index is -4.28. The SMILES string of the molecule is C/C=C(\C#N)C(=O)NCC(=O)O.C/C=C(\C#N)C(=O)O.C/C=C(\C#N)P(=O)(O)O.C/C=C1/CC(=S)N(CC(=O)O)C1=O.C/C=C1/SC(=S)C(CC(=O)O)C1=O.C/C=C1/SC(=S)N(CC(=O)O)C1=O.C/C=c1/s/c(=C2/SC(=S)N(CC)C2=O)n(CC(=O)O)c1=O.CCC1N=C(SCC(=O)O)NC1=O.CCO[Si](C)(OCC)OCC.COC=O. The number of nitrogens with zero attached hydrogens (tertiary/aromatic N) is 8. The number of ether oxygens (including phenoxy) is 1. The third-order valence-electron chi connectivity index (χ3n) is 13.0. The molecule has 4 fully saturated rings. The number of aliphatic imine (C=N–C) groups is 1. The van der Waals surface area contributed by atoms with Crippen molar-refractivity contribution in [1.82, 2.24) is 29.9 Å². The maximum atomic E-state index is 12.3. The van der Waals surface area contributed by atoms with Gasteiger partial charge < -0.3 is 74.2 Å². The number of amides is 5. The van der Waals surface area contributed by atoms with Crippen LogP contribution in [0.4, 0.5) is 0 Å². The fourth-order valence-corrected chi connectivity index (χ4v) is 16.1. The van der Waals surface area contributed by atoms with Gasteiger partial charge in [-0.2, -0.15) is 15.8 Å². The van der Waals surface area contributed by atoms with Gasteiger partial charge in [-0.3, -0.25) is 91.0 Å². The number of methoxy groups -OCH3 is 1. The largest absolute Gasteiger partial charge is 0.497 e. The summed E-state index contributed by atoms with van der Waals surface area (Å²) in [6, 6.07) is 4.20. The quantitative estimate of drug-likeness (QED) is 0.0159. The zero-order valence-corrected chi connectivity index (χ0v) is 74.4. The first-order chi connectivity index (χ1) is 54.7. The van der Waals surface area contributed by atoms with E-state index in [0.717, 1.165) is 67.1 Å². The lowest BCUT2D eigenvalue weighted by Gasteiger charge is -2.23. The lowest BCUT2D eigenvalue weighted by Crippen LogP contribution is -2.42. The Labute approximate surface area is 714 Å². The molecule has 642 valence electrons. The van der Waals surface area contributed by atoms with E-state index < -0.39 is 94.0 Å². The number of rotatable bonds is 24. The Hall–Kier alpha value is -9.46. The van der Waals surface area contributed by atoms with Gasteiger partial charge in [0.05, 0.1) is 48.7 Å². The molecule has 11 N–H and O–H groups in total. The zero-order valence-electron chi connectivity index (χ0n) is 65.1. The number of thioether (sulfide) groups is 4. The van der Waals surface area contributed by atoms with Crippen LogP contribution in [-0.4, -0.2) is 245 Å². The molecule has 0 aliphatic carbocycles. The standard InChI is InChI=1S/C12H12N2O4S3.C8H9NO3S.C8H8O3S2.C7H10N2O3S.C7H8N2O3.C7H7NO3S2.C7H18O3Si.C5H5NO2.C4H6NO3P.C2H4O2/c1-3-6-9(17)14(5-7(15)16)11(20-6)8-10(18)13(4-2)12(19)21-8;1-2-5-3-6(13)9(8(5)12)4-7(10)11;1-2-5-7(11)4(3-6(9)10)8(12)13-5;1-2-4-6(12)9-7(8-4)13-3-5(10)11;1-2-5(3-8)7(12)9-4-6(10)11;1-2-4-6(11)8(3-5(9)10)7(12)13-4;1-5-8-11(4,9-6-2)10-7-3;1-2-4(3-6)5(7)8;1-2-4(3-5)9(6,7)8;1-4-2-3/h3H,4-5H2,1-2H3,(H,15,16);2H,3-4H2,1H3,(H,10,11);2,4H,3H2,1H3,(H,9,10);4H,2-3H2,1H3,(H,10,11)(H,8,9,12);2H,4H2,1H3,(H,9,12)(H,10,11);2H,3H2,1H3,(H,9,10);5-7H2,1-4H3;2H,1H3,(H,7,8);2H,1H3,(H2,6,7,8);2H,1H3/b6-3+,11-8+;5-2-;5-2+;;5-2+;4-2+;;2*4-2+;. The maximum Gasteiger partial charge on any atom is 0.497 e. The summed E-state index contributed by atoms with van der Waals surface area (Å²) in [6.45, 7) is 23.9. The molecule has 2 unspecified atom stereocenters. The van der Waals surface area contributed by atoms with Crippen LogP contribution < -0.4 is 25.4 Å². The Kier molecular flexibility index (Phi) is 59.3. The number of nitrogens with one attached hydrogen (secondary N) is 2. The molecule has 6 heterocycles. The molecule has 0 spiro atoms. The summed E-state index contributed by atoms with van der Waals surface area (Å²) in [5.74, 6) is -9.99. The smallest absolute Gasteiger partial charge is 0.481 e. The van der Waals surface area contributed by atoms with Crippen LogP contribution in [-0.2, 0) is 96.2 Å². The predicted molar refractivity (Wildman–Crippen MR) is 453 cm³/mol. The zero-order chi connectivity index (χ0) is 91.4. The van der Waals surface area contributed by atoms with Gasteiger partial charge in [0.15, 0.2) is 11.0 Å². The normalized spacial score (nSPS) is 17.1. The van der Waals surface area contributed by atoms with Gasteiger partial charge in [0, 0.05) is 44.9 Å². The number of carboxylic acid groups (broad SMARTS) is 7. The van der Waals surface area contributed by atoms with Crippen LogP contribution in [0.2, 0.25) is 6.55 Å². The molecule has 6 rings (SSSR count). The summed E-state index contributed by atoms with van der Waals surface area (Å²) in [4.78, 5) is 188. The number of thiocarbonyl (C=S) groups is 4. The Morgan fingerprint density at radius 1 is 0.658 bits per heavy atom. The highest BCUT2D eigenvalue weighted by Gasteiger charge is 2.38. The maximum absolute atomic E-state index is 12.3. The Morgan fingerprint density at radius 2 is 1.16 bits per heavy atom. The van der Waals surface area contributed by atoms with Crippen molar-refractivity contribution in [3.05, 3.63) is 87.8 Å². The third kappa shape index (κ3) is 43.5. The summed E-state index contributed by atoms with van der Waals surface area (Å²) < 4.78 is 33.3. The van der Waals surface area contributed by atoms with Gasteiger partial charge in [0.2, 0.25) is 0 Å². The van der Waals surface area contributed by atoms with Crippen molar-refractivity contribution in [2.75, 3.05) is 58.9 Å². The lowest BCUT2D eigenvalue weighted by atomic mass is 10.0. The van der Waals surface area contributed by atoms with Crippen molar-refractivity contribution < 1.29 is 135 Å². The predicted octanol–water partition coefficient (Wildman–Crippen LogP) is 5.13. The third-order valence-corrected chi connectivity index (χ3v) is 23.6. The van der Waals surface area contributed by atoms with Gasteiger partial charge >= 0.3 is 58.2 Å². The molecule has 5 aliphatic heterocycles. The number of ketones is 1.